The van der Waals surface area contributed by atoms with E-state index in [2.05, 4.69) is 33.0 Å². The van der Waals surface area contributed by atoms with Gasteiger partial charge in [-0.2, -0.15) is 0 Å². The van der Waals surface area contributed by atoms with Gasteiger partial charge >= 0.3 is 6.03 Å². The summed E-state index contributed by atoms with van der Waals surface area (Å²) in [5.74, 6) is 0.0996. The van der Waals surface area contributed by atoms with Crippen molar-refractivity contribution in [2.45, 2.75) is 64.1 Å². The molecule has 0 bridgehead atoms. The van der Waals surface area contributed by atoms with Crippen LogP contribution in [-0.2, 0) is 4.79 Å². The number of likely N-dealkylation sites (N-methyl/N-ethyl adjacent to an activating group) is 1. The van der Waals surface area contributed by atoms with Gasteiger partial charge in [0.25, 0.3) is 0 Å². The van der Waals surface area contributed by atoms with Crippen LogP contribution in [0.15, 0.2) is 0 Å². The third-order valence-corrected chi connectivity index (χ3v) is 4.33. The van der Waals surface area contributed by atoms with Crippen molar-refractivity contribution in [3.05, 3.63) is 0 Å². The van der Waals surface area contributed by atoms with Gasteiger partial charge in [-0.25, -0.2) is 4.79 Å². The number of hydrogen-bond donors (Lipinski definition) is 1. The first-order valence-electron chi connectivity index (χ1n) is 6.83. The molecule has 2 heterocycles. The largest absolute Gasteiger partial charge is 0.333 e. The number of carbonyl (C=O) groups is 2. The van der Waals surface area contributed by atoms with Crippen molar-refractivity contribution in [3.63, 3.8) is 0 Å². The summed E-state index contributed by atoms with van der Waals surface area (Å²) in [6.07, 6.45) is 1.58. The lowest BCUT2D eigenvalue weighted by molar-refractivity contribution is -0.150. The van der Waals surface area contributed by atoms with Gasteiger partial charge in [0.2, 0.25) is 5.91 Å². The van der Waals surface area contributed by atoms with Crippen LogP contribution in [0.5, 0.6) is 0 Å². The number of likely N-dealkylation sites (tertiary alicyclic amines) is 1. The highest BCUT2D eigenvalue weighted by Crippen LogP contribution is 2.45. The summed E-state index contributed by atoms with van der Waals surface area (Å²) >= 11 is 0. The molecule has 0 aliphatic carbocycles. The third kappa shape index (κ3) is 2.19. The molecule has 5 nitrogen and oxygen atoms in total. The van der Waals surface area contributed by atoms with Crippen LogP contribution in [0.1, 0.15) is 47.5 Å². The van der Waals surface area contributed by atoms with Crippen molar-refractivity contribution in [1.29, 1.82) is 0 Å². The van der Waals surface area contributed by atoms with Gasteiger partial charge in [-0.15, -0.1) is 0 Å². The van der Waals surface area contributed by atoms with E-state index >= 15 is 0 Å². The molecule has 1 N–H and O–H groups in total. The summed E-state index contributed by atoms with van der Waals surface area (Å²) in [4.78, 5) is 27.5. The molecule has 5 heteroatoms. The summed E-state index contributed by atoms with van der Waals surface area (Å²) in [5.41, 5.74) is -0.733. The van der Waals surface area contributed by atoms with E-state index in [0.29, 0.717) is 6.54 Å². The Balaban J connectivity index is 2.37. The Bertz CT molecular complexity index is 410. The summed E-state index contributed by atoms with van der Waals surface area (Å²) in [6, 6.07) is -0.0112. The minimum Gasteiger partial charge on any atom is -0.333 e. The van der Waals surface area contributed by atoms with Crippen molar-refractivity contribution >= 4 is 11.9 Å². The highest BCUT2D eigenvalue weighted by Gasteiger charge is 2.56. The van der Waals surface area contributed by atoms with E-state index in [1.54, 1.807) is 11.8 Å². The van der Waals surface area contributed by atoms with Gasteiger partial charge in [0.15, 0.2) is 0 Å². The van der Waals surface area contributed by atoms with Crippen LogP contribution in [-0.4, -0.2) is 51.9 Å². The Morgan fingerprint density at radius 3 is 1.95 bits per heavy atom. The monoisotopic (exact) mass is 267 g/mol. The molecule has 0 radical (unpaired) electrons. The third-order valence-electron chi connectivity index (χ3n) is 4.33. The van der Waals surface area contributed by atoms with Gasteiger partial charge in [0.1, 0.15) is 0 Å². The minimum atomic E-state index is -0.258. The fraction of sp³-hybridized carbons (Fsp3) is 0.857. The van der Waals surface area contributed by atoms with E-state index in [1.807, 2.05) is 11.9 Å². The number of urea groups is 1. The number of hydrogen-bond acceptors (Lipinski definition) is 2. The van der Waals surface area contributed by atoms with Crippen molar-refractivity contribution < 1.29 is 9.59 Å². The van der Waals surface area contributed by atoms with Crippen LogP contribution in [0.4, 0.5) is 4.79 Å². The summed E-state index contributed by atoms with van der Waals surface area (Å²) in [7, 11) is 1.82. The van der Waals surface area contributed by atoms with Crippen LogP contribution < -0.4 is 5.32 Å². The minimum absolute atomic E-state index is 0.0112. The van der Waals surface area contributed by atoms with E-state index in [4.69, 9.17) is 0 Å². The molecule has 19 heavy (non-hydrogen) atoms. The summed E-state index contributed by atoms with van der Waals surface area (Å²) in [6.45, 7) is 10.7. The van der Waals surface area contributed by atoms with Crippen LogP contribution in [0.25, 0.3) is 0 Å². The van der Waals surface area contributed by atoms with Gasteiger partial charge in [0.05, 0.1) is 5.54 Å². The average molecular weight is 267 g/mol. The molecule has 1 spiro atoms. The zero-order chi connectivity index (χ0) is 14.6. The first-order valence-corrected chi connectivity index (χ1v) is 6.83. The fourth-order valence-electron chi connectivity index (χ4n) is 4.64. The molecule has 0 aromatic carbocycles. The van der Waals surface area contributed by atoms with Crippen molar-refractivity contribution in [2.24, 2.45) is 0 Å². The van der Waals surface area contributed by atoms with Crippen LogP contribution in [0, 0.1) is 0 Å². The fourth-order valence-corrected chi connectivity index (χ4v) is 4.64. The Labute approximate surface area is 115 Å². The quantitative estimate of drug-likeness (QED) is 0.724. The molecular formula is C14H25N3O2. The molecule has 0 unspecified atom stereocenters. The van der Waals surface area contributed by atoms with E-state index in [0.717, 1.165) is 12.8 Å². The second kappa shape index (κ2) is 3.87. The molecule has 0 aromatic rings. The normalized spacial score (nSPS) is 27.6. The number of amides is 3. The number of nitrogens with zero attached hydrogens (tertiary/aromatic N) is 2. The second-order valence-corrected chi connectivity index (χ2v) is 7.40. The number of nitrogens with one attached hydrogen (secondary N) is 1. The van der Waals surface area contributed by atoms with Gasteiger partial charge in [-0.3, -0.25) is 4.79 Å². The molecule has 2 aliphatic rings. The van der Waals surface area contributed by atoms with Crippen LogP contribution >= 0.6 is 0 Å². The Morgan fingerprint density at radius 1 is 1.16 bits per heavy atom. The van der Waals surface area contributed by atoms with E-state index in [9.17, 15) is 9.59 Å². The van der Waals surface area contributed by atoms with Gasteiger partial charge in [-0.1, -0.05) is 0 Å². The van der Waals surface area contributed by atoms with E-state index < -0.39 is 0 Å². The van der Waals surface area contributed by atoms with Gasteiger partial charge in [0, 0.05) is 31.6 Å². The van der Waals surface area contributed by atoms with Crippen LogP contribution in [0.2, 0.25) is 0 Å². The first-order chi connectivity index (χ1) is 8.49. The van der Waals surface area contributed by atoms with E-state index in [1.165, 1.54) is 0 Å². The molecule has 2 saturated heterocycles. The Hall–Kier alpha value is -1.26. The highest BCUT2D eigenvalue weighted by atomic mass is 16.2. The smallest absolute Gasteiger partial charge is 0.317 e. The molecular weight excluding hydrogens is 242 g/mol. The number of rotatable bonds is 0. The second-order valence-electron chi connectivity index (χ2n) is 7.40. The van der Waals surface area contributed by atoms with E-state index in [-0.39, 0.29) is 28.6 Å². The van der Waals surface area contributed by atoms with Gasteiger partial charge < -0.3 is 15.1 Å². The molecule has 2 rings (SSSR count). The summed E-state index contributed by atoms with van der Waals surface area (Å²) in [5, 5.41) is 3.14. The van der Waals surface area contributed by atoms with Crippen molar-refractivity contribution in [3.8, 4) is 0 Å². The number of carbonyl (C=O) groups excluding carboxylic acids is 2. The first kappa shape index (κ1) is 14.2. The predicted octanol–water partition coefficient (Wildman–Crippen LogP) is 1.58. The lowest BCUT2D eigenvalue weighted by atomic mass is 9.69. The molecule has 2 fully saturated rings. The Kier molecular flexibility index (Phi) is 2.88. The number of piperidine rings is 1. The molecule has 3 amide bonds. The molecule has 0 aromatic heterocycles. The zero-order valence-corrected chi connectivity index (χ0v) is 12.8. The SMILES string of the molecule is CC(=O)N1C(C)(C)CC2(CN(C)C(=O)N2)CC1(C)C. The lowest BCUT2D eigenvalue weighted by Gasteiger charge is -2.58. The maximum atomic E-state index is 12.0. The average Bonchev–Trinajstić information content (AvgIpc) is 2.33. The molecule has 2 aliphatic heterocycles. The van der Waals surface area contributed by atoms with Crippen LogP contribution in [0.3, 0.4) is 0 Å². The molecule has 108 valence electrons. The maximum Gasteiger partial charge on any atom is 0.317 e. The molecule has 0 saturated carbocycles. The van der Waals surface area contributed by atoms with Gasteiger partial charge in [-0.05, 0) is 40.5 Å². The Morgan fingerprint density at radius 2 is 1.63 bits per heavy atom. The highest BCUT2D eigenvalue weighted by molar-refractivity contribution is 5.78. The zero-order valence-electron chi connectivity index (χ0n) is 12.8. The maximum absolute atomic E-state index is 12.0. The van der Waals surface area contributed by atoms with Crippen molar-refractivity contribution in [1.82, 2.24) is 15.1 Å². The molecule has 0 atom stereocenters. The topological polar surface area (TPSA) is 52.7 Å². The van der Waals surface area contributed by atoms with Crippen molar-refractivity contribution in [2.75, 3.05) is 13.6 Å². The lowest BCUT2D eigenvalue weighted by Crippen LogP contribution is -2.69. The predicted molar refractivity (Wildman–Crippen MR) is 73.8 cm³/mol. The standard InChI is InChI=1S/C14H25N3O2/c1-10(18)17-12(2,3)7-14(8-13(17,4)5)9-16(6)11(19)15-14/h7-9H2,1-6H3,(H,15,19). The summed E-state index contributed by atoms with van der Waals surface area (Å²) < 4.78 is 0.